The first kappa shape index (κ1) is 57.0. The van der Waals surface area contributed by atoms with Crippen LogP contribution in [0, 0.1) is 0 Å². The minimum atomic E-state index is -2.17. The van der Waals surface area contributed by atoms with Crippen molar-refractivity contribution >= 4 is 35.0 Å². The van der Waals surface area contributed by atoms with Crippen LogP contribution in [0.15, 0.2) is 0 Å². The molecule has 3 N–H and O–H groups in total. The smallest absolute Gasteiger partial charge is 0.402 e. The molecular formula is C42H96BO3P3. The van der Waals surface area contributed by atoms with E-state index in [4.69, 9.17) is 15.1 Å². The molecule has 0 rings (SSSR count). The highest BCUT2D eigenvalue weighted by atomic mass is 31.0. The van der Waals surface area contributed by atoms with Gasteiger partial charge >= 0.3 is 7.32 Å². The van der Waals surface area contributed by atoms with Crippen molar-refractivity contribution in [3.05, 3.63) is 0 Å². The lowest BCUT2D eigenvalue weighted by Crippen LogP contribution is -2.07. The molecule has 0 aromatic heterocycles. The molecule has 0 amide bonds. The Morgan fingerprint density at radius 1 is 0.245 bits per heavy atom. The van der Waals surface area contributed by atoms with Crippen molar-refractivity contribution < 1.29 is 15.1 Å². The van der Waals surface area contributed by atoms with Gasteiger partial charge in [0.05, 0.1) is 0 Å². The highest BCUT2D eigenvalue weighted by Crippen LogP contribution is 2.14. The molecule has 0 bridgehead atoms. The van der Waals surface area contributed by atoms with Crippen molar-refractivity contribution in [2.75, 3.05) is 18.5 Å². The van der Waals surface area contributed by atoms with Gasteiger partial charge < -0.3 is 15.1 Å². The Kier molecular flexibility index (Phi) is 71.2. The van der Waals surface area contributed by atoms with Crippen LogP contribution in [0.3, 0.4) is 0 Å². The first-order valence-electron chi connectivity index (χ1n) is 22.1. The van der Waals surface area contributed by atoms with Gasteiger partial charge in [-0.3, -0.25) is 0 Å². The van der Waals surface area contributed by atoms with Gasteiger partial charge in [-0.1, -0.05) is 233 Å². The summed E-state index contributed by atoms with van der Waals surface area (Å²) >= 11 is 0. The first-order valence-corrected chi connectivity index (χ1v) is 24.6. The van der Waals surface area contributed by atoms with Crippen molar-refractivity contribution in [1.29, 1.82) is 0 Å². The fraction of sp³-hybridized carbons (Fsp3) is 1.00. The summed E-state index contributed by atoms with van der Waals surface area (Å²) in [7, 11) is 6.28. The van der Waals surface area contributed by atoms with Crippen LogP contribution in [-0.4, -0.2) is 40.9 Å². The zero-order valence-electron chi connectivity index (χ0n) is 34.2. The molecule has 300 valence electrons. The molecular weight excluding hydrogens is 656 g/mol. The van der Waals surface area contributed by atoms with Crippen LogP contribution in [0.1, 0.15) is 252 Å². The molecule has 0 saturated carbocycles. The minimum absolute atomic E-state index is 1.29. The monoisotopic (exact) mass is 753 g/mol. The summed E-state index contributed by atoms with van der Waals surface area (Å²) in [6.45, 7) is 6.86. The highest BCUT2D eigenvalue weighted by molar-refractivity contribution is 7.16. The van der Waals surface area contributed by atoms with Crippen LogP contribution in [0.5, 0.6) is 0 Å². The van der Waals surface area contributed by atoms with E-state index in [1.807, 2.05) is 0 Å². The van der Waals surface area contributed by atoms with E-state index in [0.29, 0.717) is 0 Å². The third kappa shape index (κ3) is 79.2. The molecule has 0 fully saturated rings. The third-order valence-electron chi connectivity index (χ3n) is 9.17. The van der Waals surface area contributed by atoms with Gasteiger partial charge in [0.1, 0.15) is 0 Å². The van der Waals surface area contributed by atoms with Gasteiger partial charge in [0.15, 0.2) is 0 Å². The summed E-state index contributed by atoms with van der Waals surface area (Å²) in [4.78, 5) is 0. The predicted octanol–water partition coefficient (Wildman–Crippen LogP) is 14.6. The van der Waals surface area contributed by atoms with E-state index in [-0.39, 0.29) is 0 Å². The number of rotatable bonds is 36. The quantitative estimate of drug-likeness (QED) is 0.0339. The van der Waals surface area contributed by atoms with Crippen molar-refractivity contribution in [1.82, 2.24) is 0 Å². The second-order valence-corrected chi connectivity index (χ2v) is 16.1. The van der Waals surface area contributed by atoms with E-state index in [1.165, 1.54) is 250 Å². The lowest BCUT2D eigenvalue weighted by atomic mass is 10.1. The van der Waals surface area contributed by atoms with E-state index in [0.717, 1.165) is 0 Å². The predicted molar refractivity (Wildman–Crippen MR) is 239 cm³/mol. The molecule has 0 spiro atoms. The van der Waals surface area contributed by atoms with E-state index in [1.54, 1.807) is 0 Å². The number of hydrogen-bond donors (Lipinski definition) is 3. The van der Waals surface area contributed by atoms with Gasteiger partial charge in [-0.25, -0.2) is 0 Å². The Balaban J connectivity index is -0.000000293. The Bertz CT molecular complexity index is 390. The van der Waals surface area contributed by atoms with Crippen molar-refractivity contribution in [2.45, 2.75) is 252 Å². The Morgan fingerprint density at radius 3 is 0.449 bits per heavy atom. The van der Waals surface area contributed by atoms with Gasteiger partial charge in [0, 0.05) is 0 Å². The normalized spacial score (nSPS) is 10.5. The molecule has 3 unspecified atom stereocenters. The third-order valence-corrected chi connectivity index (χ3v) is 10.4. The number of unbranched alkanes of at least 4 members (excludes halogenated alkanes) is 33. The first-order chi connectivity index (χ1) is 24.0. The largest absolute Gasteiger partial charge is 0.631 e. The standard InChI is InChI=1S/3C14H31P.BH3O3/c3*1-2-3-4-5-6-7-8-9-10-11-12-13-14-15;2-1(3)4/h3*2-15H2,1H3;2-4H. The molecule has 7 heteroatoms. The highest BCUT2D eigenvalue weighted by Gasteiger charge is 1.95. The van der Waals surface area contributed by atoms with E-state index < -0.39 is 7.32 Å². The molecule has 0 saturated heterocycles. The summed E-state index contributed by atoms with van der Waals surface area (Å²) < 4.78 is 0. The molecule has 3 nitrogen and oxygen atoms in total. The van der Waals surface area contributed by atoms with Crippen molar-refractivity contribution in [2.24, 2.45) is 0 Å². The topological polar surface area (TPSA) is 60.7 Å². The lowest BCUT2D eigenvalue weighted by molar-refractivity contribution is 0.278. The van der Waals surface area contributed by atoms with Gasteiger partial charge in [-0.05, 0) is 37.7 Å². The molecule has 0 heterocycles. The molecule has 0 aromatic carbocycles. The summed E-state index contributed by atoms with van der Waals surface area (Å²) in [6.07, 6.45) is 56.2. The number of hydrogen-bond acceptors (Lipinski definition) is 3. The van der Waals surface area contributed by atoms with Crippen LogP contribution in [-0.2, 0) is 0 Å². The Hall–Kier alpha value is 1.23. The minimum Gasteiger partial charge on any atom is -0.402 e. The van der Waals surface area contributed by atoms with Crippen LogP contribution >= 0.6 is 27.7 Å². The average Bonchev–Trinajstić information content (AvgIpc) is 3.09. The maximum Gasteiger partial charge on any atom is 0.631 e. The van der Waals surface area contributed by atoms with Crippen LogP contribution in [0.4, 0.5) is 0 Å². The van der Waals surface area contributed by atoms with Crippen LogP contribution < -0.4 is 0 Å². The zero-order chi connectivity index (χ0) is 37.2. The maximum absolute atomic E-state index is 7.17. The molecule has 49 heavy (non-hydrogen) atoms. The summed E-state index contributed by atoms with van der Waals surface area (Å²) in [5, 5.41) is 21.5. The van der Waals surface area contributed by atoms with Gasteiger partial charge in [-0.15, -0.1) is 27.7 Å². The molecule has 0 aromatic rings. The van der Waals surface area contributed by atoms with E-state index in [9.17, 15) is 0 Å². The molecule has 0 radical (unpaired) electrons. The molecule has 0 aliphatic rings. The van der Waals surface area contributed by atoms with Gasteiger partial charge in [0.25, 0.3) is 0 Å². The van der Waals surface area contributed by atoms with Crippen LogP contribution in [0.2, 0.25) is 0 Å². The van der Waals surface area contributed by atoms with E-state index >= 15 is 0 Å². The van der Waals surface area contributed by atoms with Crippen molar-refractivity contribution in [3.63, 3.8) is 0 Å². The molecule has 3 atom stereocenters. The average molecular weight is 753 g/mol. The van der Waals surface area contributed by atoms with Gasteiger partial charge in [-0.2, -0.15) is 0 Å². The second kappa shape index (κ2) is 61.3. The lowest BCUT2D eigenvalue weighted by Gasteiger charge is -2.01. The maximum atomic E-state index is 7.17. The SMILES string of the molecule is CCCCCCCCCCCCCCP.CCCCCCCCCCCCCCP.CCCCCCCCCCCCCCP.OB(O)O. The second-order valence-electron chi connectivity index (χ2n) is 14.4. The van der Waals surface area contributed by atoms with E-state index in [2.05, 4.69) is 48.5 Å². The van der Waals surface area contributed by atoms with Crippen LogP contribution in [0.25, 0.3) is 0 Å². The summed E-state index contributed by atoms with van der Waals surface area (Å²) in [5.41, 5.74) is 0. The zero-order valence-corrected chi connectivity index (χ0v) is 37.7. The Morgan fingerprint density at radius 2 is 0.347 bits per heavy atom. The summed E-state index contributed by atoms with van der Waals surface area (Å²) in [5.74, 6) is 0. The van der Waals surface area contributed by atoms with Gasteiger partial charge in [0.2, 0.25) is 0 Å². The Labute approximate surface area is 319 Å². The fourth-order valence-corrected chi connectivity index (χ4v) is 6.82. The molecule has 0 aliphatic carbocycles. The molecule has 0 aliphatic heterocycles. The summed E-state index contributed by atoms with van der Waals surface area (Å²) in [6, 6.07) is 0. The van der Waals surface area contributed by atoms with Crippen molar-refractivity contribution in [3.8, 4) is 0 Å². The fourth-order valence-electron chi connectivity index (χ4n) is 5.96.